The number of benzene rings is 1. The van der Waals surface area contributed by atoms with Crippen molar-refractivity contribution in [3.05, 3.63) is 28.8 Å². The summed E-state index contributed by atoms with van der Waals surface area (Å²) in [7, 11) is 1.70. The van der Waals surface area contributed by atoms with E-state index in [4.69, 9.17) is 34.3 Å². The van der Waals surface area contributed by atoms with E-state index >= 15 is 0 Å². The molecule has 0 fully saturated rings. The molecule has 0 saturated heterocycles. The Labute approximate surface area is 119 Å². The van der Waals surface area contributed by atoms with Crippen LogP contribution in [0.3, 0.4) is 0 Å². The molecule has 0 radical (unpaired) electrons. The Morgan fingerprint density at radius 1 is 1.56 bits per heavy atom. The number of methoxy groups -OCH3 is 1. The molecule has 0 bridgehead atoms. The van der Waals surface area contributed by atoms with Crippen molar-refractivity contribution in [1.29, 1.82) is 0 Å². The zero-order valence-electron chi connectivity index (χ0n) is 10.7. The highest BCUT2D eigenvalue weighted by molar-refractivity contribution is 7.80. The lowest BCUT2D eigenvalue weighted by molar-refractivity contribution is 0.182. The average molecular weight is 287 g/mol. The summed E-state index contributed by atoms with van der Waals surface area (Å²) < 4.78 is 5.18. The molecule has 1 atom stereocenters. The second kappa shape index (κ2) is 7.56. The first-order chi connectivity index (χ1) is 8.58. The minimum Gasteiger partial charge on any atom is -0.389 e. The standard InChI is InChI=1S/C13H19ClN2OS/c1-3-4-10(8-17-2)16-12-6-5-9(13(15)18)7-11(12)14/h5-7,10,16H,3-4,8H2,1-2H3,(H2,15,18). The van der Waals surface area contributed by atoms with Crippen molar-refractivity contribution in [2.75, 3.05) is 19.0 Å². The van der Waals surface area contributed by atoms with E-state index in [1.165, 1.54) is 0 Å². The van der Waals surface area contributed by atoms with E-state index in [1.54, 1.807) is 13.2 Å². The van der Waals surface area contributed by atoms with Crippen LogP contribution in [-0.4, -0.2) is 24.7 Å². The highest BCUT2D eigenvalue weighted by atomic mass is 35.5. The maximum Gasteiger partial charge on any atom is 0.104 e. The molecule has 0 amide bonds. The van der Waals surface area contributed by atoms with Crippen LogP contribution in [0.2, 0.25) is 5.02 Å². The molecule has 0 saturated carbocycles. The van der Waals surface area contributed by atoms with Crippen molar-refractivity contribution < 1.29 is 4.74 Å². The number of hydrogen-bond acceptors (Lipinski definition) is 3. The van der Waals surface area contributed by atoms with Crippen LogP contribution in [-0.2, 0) is 4.74 Å². The van der Waals surface area contributed by atoms with Gasteiger partial charge < -0.3 is 15.8 Å². The van der Waals surface area contributed by atoms with Crippen molar-refractivity contribution >= 4 is 34.5 Å². The lowest BCUT2D eigenvalue weighted by atomic mass is 10.1. The summed E-state index contributed by atoms with van der Waals surface area (Å²) in [4.78, 5) is 0.352. The van der Waals surface area contributed by atoms with Gasteiger partial charge in [-0.15, -0.1) is 0 Å². The van der Waals surface area contributed by atoms with Crippen LogP contribution >= 0.6 is 23.8 Å². The predicted octanol–water partition coefficient (Wildman–Crippen LogP) is 3.20. The van der Waals surface area contributed by atoms with Gasteiger partial charge in [0.05, 0.1) is 17.3 Å². The van der Waals surface area contributed by atoms with Crippen LogP contribution < -0.4 is 11.1 Å². The van der Waals surface area contributed by atoms with Gasteiger partial charge in [-0.25, -0.2) is 0 Å². The first kappa shape index (κ1) is 15.2. The molecule has 1 unspecified atom stereocenters. The zero-order chi connectivity index (χ0) is 13.5. The van der Waals surface area contributed by atoms with Crippen molar-refractivity contribution in [1.82, 2.24) is 0 Å². The third kappa shape index (κ3) is 4.44. The normalized spacial score (nSPS) is 12.2. The van der Waals surface area contributed by atoms with E-state index in [1.807, 2.05) is 12.1 Å². The van der Waals surface area contributed by atoms with Gasteiger partial charge in [-0.3, -0.25) is 0 Å². The molecule has 0 aliphatic rings. The van der Waals surface area contributed by atoms with E-state index in [-0.39, 0.29) is 6.04 Å². The molecular formula is C13H19ClN2OS. The first-order valence-electron chi connectivity index (χ1n) is 5.93. The van der Waals surface area contributed by atoms with E-state index in [0.717, 1.165) is 24.1 Å². The molecule has 5 heteroatoms. The molecule has 0 spiro atoms. The van der Waals surface area contributed by atoms with Crippen LogP contribution in [0, 0.1) is 0 Å². The van der Waals surface area contributed by atoms with Crippen LogP contribution in [0.4, 0.5) is 5.69 Å². The topological polar surface area (TPSA) is 47.3 Å². The Kier molecular flexibility index (Phi) is 6.39. The molecule has 18 heavy (non-hydrogen) atoms. The fraction of sp³-hybridized carbons (Fsp3) is 0.462. The number of thiocarbonyl (C=S) groups is 1. The third-order valence-corrected chi connectivity index (χ3v) is 3.17. The van der Waals surface area contributed by atoms with E-state index < -0.39 is 0 Å². The van der Waals surface area contributed by atoms with E-state index in [9.17, 15) is 0 Å². The molecule has 1 rings (SSSR count). The molecule has 0 aliphatic carbocycles. The van der Waals surface area contributed by atoms with Crippen molar-refractivity contribution in [3.8, 4) is 0 Å². The summed E-state index contributed by atoms with van der Waals surface area (Å²) in [6, 6.07) is 5.80. The zero-order valence-corrected chi connectivity index (χ0v) is 12.3. The van der Waals surface area contributed by atoms with Crippen LogP contribution in [0.1, 0.15) is 25.3 Å². The minimum absolute atomic E-state index is 0.258. The number of halogens is 1. The molecule has 100 valence electrons. The summed E-state index contributed by atoms with van der Waals surface area (Å²) in [5.74, 6) is 0. The quantitative estimate of drug-likeness (QED) is 0.756. The van der Waals surface area contributed by atoms with Crippen LogP contribution in [0.15, 0.2) is 18.2 Å². The molecule has 1 aromatic carbocycles. The fourth-order valence-corrected chi connectivity index (χ4v) is 2.11. The Balaban J connectivity index is 2.79. The van der Waals surface area contributed by atoms with Gasteiger partial charge in [-0.1, -0.05) is 37.2 Å². The highest BCUT2D eigenvalue weighted by Crippen LogP contribution is 2.24. The smallest absolute Gasteiger partial charge is 0.104 e. The maximum atomic E-state index is 6.20. The second-order valence-corrected chi connectivity index (χ2v) is 4.99. The fourth-order valence-electron chi connectivity index (χ4n) is 1.75. The Morgan fingerprint density at radius 3 is 2.78 bits per heavy atom. The van der Waals surface area contributed by atoms with Gasteiger partial charge in [0, 0.05) is 18.7 Å². The second-order valence-electron chi connectivity index (χ2n) is 4.14. The van der Waals surface area contributed by atoms with E-state index in [0.29, 0.717) is 16.6 Å². The summed E-state index contributed by atoms with van der Waals surface area (Å²) in [5, 5.41) is 4.00. The summed E-state index contributed by atoms with van der Waals surface area (Å²) in [6.07, 6.45) is 2.12. The molecule has 1 aromatic rings. The lowest BCUT2D eigenvalue weighted by Crippen LogP contribution is -2.24. The SMILES string of the molecule is CCCC(COC)Nc1ccc(C(N)=S)cc1Cl. The van der Waals surface area contributed by atoms with Gasteiger partial charge in [0.15, 0.2) is 0 Å². The Bertz CT molecular complexity index is 406. The highest BCUT2D eigenvalue weighted by Gasteiger charge is 2.10. The van der Waals surface area contributed by atoms with Crippen molar-refractivity contribution in [2.24, 2.45) is 5.73 Å². The van der Waals surface area contributed by atoms with Gasteiger partial charge >= 0.3 is 0 Å². The van der Waals surface area contributed by atoms with Crippen molar-refractivity contribution in [3.63, 3.8) is 0 Å². The van der Waals surface area contributed by atoms with E-state index in [2.05, 4.69) is 12.2 Å². The van der Waals surface area contributed by atoms with Gasteiger partial charge in [-0.05, 0) is 24.6 Å². The average Bonchev–Trinajstić information content (AvgIpc) is 2.32. The van der Waals surface area contributed by atoms with Gasteiger partial charge in [-0.2, -0.15) is 0 Å². The molecule has 0 aromatic heterocycles. The summed E-state index contributed by atoms with van der Waals surface area (Å²) in [5.41, 5.74) is 7.22. The van der Waals surface area contributed by atoms with Gasteiger partial charge in [0.1, 0.15) is 4.99 Å². The number of nitrogens with two attached hydrogens (primary N) is 1. The molecule has 0 aliphatic heterocycles. The van der Waals surface area contributed by atoms with Crippen LogP contribution in [0.5, 0.6) is 0 Å². The lowest BCUT2D eigenvalue weighted by Gasteiger charge is -2.19. The Hall–Kier alpha value is -0.840. The van der Waals surface area contributed by atoms with Gasteiger partial charge in [0.2, 0.25) is 0 Å². The molecule has 0 heterocycles. The number of nitrogens with one attached hydrogen (secondary N) is 1. The molecule has 3 nitrogen and oxygen atoms in total. The van der Waals surface area contributed by atoms with Crippen molar-refractivity contribution in [2.45, 2.75) is 25.8 Å². The minimum atomic E-state index is 0.258. The first-order valence-corrected chi connectivity index (χ1v) is 6.72. The number of hydrogen-bond donors (Lipinski definition) is 2. The summed E-state index contributed by atoms with van der Waals surface area (Å²) >= 11 is 11.1. The number of anilines is 1. The molecule has 3 N–H and O–H groups in total. The number of ether oxygens (including phenoxy) is 1. The maximum absolute atomic E-state index is 6.20. The number of rotatable bonds is 7. The van der Waals surface area contributed by atoms with Crippen LogP contribution in [0.25, 0.3) is 0 Å². The Morgan fingerprint density at radius 2 is 2.28 bits per heavy atom. The van der Waals surface area contributed by atoms with Gasteiger partial charge in [0.25, 0.3) is 0 Å². The summed E-state index contributed by atoms with van der Waals surface area (Å²) in [6.45, 7) is 2.79. The monoisotopic (exact) mass is 286 g/mol. The predicted molar refractivity (Wildman–Crippen MR) is 81.5 cm³/mol. The largest absolute Gasteiger partial charge is 0.389 e. The molecular weight excluding hydrogens is 268 g/mol. The third-order valence-electron chi connectivity index (χ3n) is 2.62.